The molecule has 0 saturated carbocycles. The molecule has 1 amide bonds. The van der Waals surface area contributed by atoms with E-state index in [1.54, 1.807) is 18.2 Å². The third-order valence-corrected chi connectivity index (χ3v) is 8.16. The van der Waals surface area contributed by atoms with Gasteiger partial charge in [0.25, 0.3) is 0 Å². The van der Waals surface area contributed by atoms with Gasteiger partial charge in [0, 0.05) is 46.6 Å². The van der Waals surface area contributed by atoms with E-state index in [1.807, 2.05) is 23.6 Å². The van der Waals surface area contributed by atoms with Gasteiger partial charge in [-0.15, -0.1) is 0 Å². The fourth-order valence-corrected chi connectivity index (χ4v) is 5.08. The molecule has 35 heavy (non-hydrogen) atoms. The first-order valence-electron chi connectivity index (χ1n) is 12.2. The van der Waals surface area contributed by atoms with E-state index in [0.29, 0.717) is 31.4 Å². The molecule has 0 aliphatic carbocycles. The monoisotopic (exact) mass is 499 g/mol. The van der Waals surface area contributed by atoms with Crippen molar-refractivity contribution in [1.82, 2.24) is 24.1 Å². The molecule has 0 fully saturated rings. The lowest BCUT2D eigenvalue weighted by Crippen LogP contribution is -2.26. The molecule has 1 aromatic heterocycles. The molecule has 0 aliphatic rings. The molecule has 3 rings (SSSR count). The van der Waals surface area contributed by atoms with Crippen LogP contribution in [0.5, 0.6) is 0 Å². The third kappa shape index (κ3) is 6.28. The maximum absolute atomic E-state index is 12.7. The number of aryl methyl sites for hydroxylation is 2. The number of fused-ring (bicyclic) bond motifs is 1. The van der Waals surface area contributed by atoms with E-state index in [-0.39, 0.29) is 10.8 Å². The minimum atomic E-state index is -3.54. The lowest BCUT2D eigenvalue weighted by atomic mass is 10.1. The van der Waals surface area contributed by atoms with Gasteiger partial charge in [-0.2, -0.15) is 0 Å². The number of benzene rings is 2. The van der Waals surface area contributed by atoms with Gasteiger partial charge in [-0.1, -0.05) is 38.1 Å². The van der Waals surface area contributed by atoms with Gasteiger partial charge < -0.3 is 9.88 Å². The lowest BCUT2D eigenvalue weighted by molar-refractivity contribution is -0.121. The molecule has 0 unspecified atom stereocenters. The third-order valence-electron chi connectivity index (χ3n) is 6.35. The Labute approximate surface area is 209 Å². The molecule has 1 N–H and O–H groups in total. The highest BCUT2D eigenvalue weighted by molar-refractivity contribution is 7.89. The second-order valence-electron chi connectivity index (χ2n) is 8.72. The topological polar surface area (TPSA) is 87.5 Å². The van der Waals surface area contributed by atoms with Gasteiger partial charge in [0.1, 0.15) is 5.82 Å². The molecule has 8 nitrogen and oxygen atoms in total. The van der Waals surface area contributed by atoms with Crippen LogP contribution in [0.3, 0.4) is 0 Å². The van der Waals surface area contributed by atoms with Crippen molar-refractivity contribution in [3.05, 3.63) is 59.4 Å². The fourth-order valence-electron chi connectivity index (χ4n) is 4.15. The summed E-state index contributed by atoms with van der Waals surface area (Å²) in [4.78, 5) is 19.9. The number of hydrogen-bond acceptors (Lipinski definition) is 5. The summed E-state index contributed by atoms with van der Waals surface area (Å²) in [5, 5.41) is 3.05. The molecule has 9 heteroatoms. The van der Waals surface area contributed by atoms with Crippen molar-refractivity contribution in [3.63, 3.8) is 0 Å². The zero-order chi connectivity index (χ0) is 25.6. The Morgan fingerprint density at radius 1 is 1.03 bits per heavy atom. The minimum Gasteiger partial charge on any atom is -0.352 e. The van der Waals surface area contributed by atoms with Crippen molar-refractivity contribution in [2.24, 2.45) is 0 Å². The first-order chi connectivity index (χ1) is 16.7. The largest absolute Gasteiger partial charge is 0.352 e. The Morgan fingerprint density at radius 3 is 2.34 bits per heavy atom. The smallest absolute Gasteiger partial charge is 0.242 e. The van der Waals surface area contributed by atoms with E-state index in [0.717, 1.165) is 36.5 Å². The summed E-state index contributed by atoms with van der Waals surface area (Å²) in [5.41, 5.74) is 3.84. The van der Waals surface area contributed by atoms with Gasteiger partial charge >= 0.3 is 0 Å². The van der Waals surface area contributed by atoms with Gasteiger partial charge in [0.2, 0.25) is 15.9 Å². The number of sulfonamides is 1. The van der Waals surface area contributed by atoms with E-state index < -0.39 is 10.0 Å². The summed E-state index contributed by atoms with van der Waals surface area (Å²) < 4.78 is 28.2. The number of nitrogens with one attached hydrogen (secondary N) is 1. The van der Waals surface area contributed by atoms with E-state index >= 15 is 0 Å². The zero-order valence-corrected chi connectivity index (χ0v) is 22.2. The van der Waals surface area contributed by atoms with Crippen LogP contribution >= 0.6 is 0 Å². The van der Waals surface area contributed by atoms with E-state index in [4.69, 9.17) is 0 Å². The van der Waals surface area contributed by atoms with Crippen molar-refractivity contribution in [3.8, 4) is 0 Å². The maximum atomic E-state index is 12.7. The molecule has 0 aliphatic heterocycles. The van der Waals surface area contributed by atoms with Crippen LogP contribution in [0.4, 0.5) is 0 Å². The second-order valence-corrected chi connectivity index (χ2v) is 10.9. The number of carbonyl (C=O) groups is 1. The standard InChI is InChI=1S/C26H37N5O3S/c1-6-30(7-2)19-21-12-10-9-11-20(21)18-27-26(32)16-15-25-28-23-17-22(35(33,34)29(4)5)13-14-24(23)31(25)8-3/h9-14,17H,6-8,15-16,18-19H2,1-5H3,(H,27,32). The van der Waals surface area contributed by atoms with Crippen LogP contribution in [0.25, 0.3) is 11.0 Å². The van der Waals surface area contributed by atoms with Crippen LogP contribution in [-0.4, -0.2) is 60.3 Å². The molecule has 0 radical (unpaired) electrons. The number of amides is 1. The minimum absolute atomic E-state index is 0.0340. The van der Waals surface area contributed by atoms with Crippen LogP contribution in [0, 0.1) is 0 Å². The highest BCUT2D eigenvalue weighted by atomic mass is 32.2. The average Bonchev–Trinajstić information content (AvgIpc) is 3.21. The molecule has 1 heterocycles. The Bertz CT molecular complexity index is 1260. The predicted molar refractivity (Wildman–Crippen MR) is 140 cm³/mol. The summed E-state index contributed by atoms with van der Waals surface area (Å²) in [5.74, 6) is 0.743. The number of aromatic nitrogens is 2. The van der Waals surface area contributed by atoms with Gasteiger partial charge in [-0.3, -0.25) is 9.69 Å². The van der Waals surface area contributed by atoms with Crippen LogP contribution in [0.2, 0.25) is 0 Å². The van der Waals surface area contributed by atoms with Gasteiger partial charge in [-0.25, -0.2) is 17.7 Å². The normalized spacial score (nSPS) is 12.1. The highest BCUT2D eigenvalue weighted by Crippen LogP contribution is 2.23. The summed E-state index contributed by atoms with van der Waals surface area (Å²) in [6, 6.07) is 13.2. The van der Waals surface area contributed by atoms with E-state index in [1.165, 1.54) is 24.0 Å². The van der Waals surface area contributed by atoms with Crippen molar-refractivity contribution >= 4 is 27.0 Å². The van der Waals surface area contributed by atoms with E-state index in [9.17, 15) is 13.2 Å². The first kappa shape index (κ1) is 26.8. The van der Waals surface area contributed by atoms with Crippen molar-refractivity contribution < 1.29 is 13.2 Å². The molecule has 0 atom stereocenters. The first-order valence-corrected chi connectivity index (χ1v) is 13.6. The van der Waals surface area contributed by atoms with E-state index in [2.05, 4.69) is 41.2 Å². The molecular formula is C26H37N5O3S. The lowest BCUT2D eigenvalue weighted by Gasteiger charge is -2.20. The van der Waals surface area contributed by atoms with Crippen LogP contribution in [0.15, 0.2) is 47.4 Å². The molecule has 3 aromatic rings. The number of nitrogens with zero attached hydrogens (tertiary/aromatic N) is 4. The summed E-state index contributed by atoms with van der Waals surface area (Å²) in [6.07, 6.45) is 0.787. The van der Waals surface area contributed by atoms with Crippen molar-refractivity contribution in [2.75, 3.05) is 27.2 Å². The maximum Gasteiger partial charge on any atom is 0.242 e. The second kappa shape index (κ2) is 11.8. The molecule has 2 aromatic carbocycles. The molecular weight excluding hydrogens is 462 g/mol. The van der Waals surface area contributed by atoms with Gasteiger partial charge in [0.15, 0.2) is 0 Å². The zero-order valence-electron chi connectivity index (χ0n) is 21.4. The summed E-state index contributed by atoms with van der Waals surface area (Å²) in [7, 11) is -0.516. The Morgan fingerprint density at radius 2 is 1.71 bits per heavy atom. The van der Waals surface area contributed by atoms with Gasteiger partial charge in [-0.05, 0) is 49.3 Å². The van der Waals surface area contributed by atoms with Crippen LogP contribution in [-0.2, 0) is 40.9 Å². The SMILES string of the molecule is CCN(CC)Cc1ccccc1CNC(=O)CCc1nc2cc(S(=O)(=O)N(C)C)ccc2n1CC. The number of imidazole rings is 1. The van der Waals surface area contributed by atoms with Crippen molar-refractivity contribution in [2.45, 2.75) is 58.1 Å². The molecule has 0 saturated heterocycles. The molecule has 0 spiro atoms. The Balaban J connectivity index is 1.68. The number of carbonyl (C=O) groups excluding carboxylic acids is 1. The number of hydrogen-bond donors (Lipinski definition) is 1. The molecule has 0 bridgehead atoms. The molecule has 190 valence electrons. The summed E-state index contributed by atoms with van der Waals surface area (Å²) >= 11 is 0. The van der Waals surface area contributed by atoms with Crippen LogP contribution in [0.1, 0.15) is 44.1 Å². The quantitative estimate of drug-likeness (QED) is 0.413. The average molecular weight is 500 g/mol. The van der Waals surface area contributed by atoms with Gasteiger partial charge in [0.05, 0.1) is 15.9 Å². The highest BCUT2D eigenvalue weighted by Gasteiger charge is 2.20. The Hall–Kier alpha value is -2.75. The Kier molecular flexibility index (Phi) is 9.04. The van der Waals surface area contributed by atoms with Crippen LogP contribution < -0.4 is 5.32 Å². The number of rotatable bonds is 12. The summed E-state index contributed by atoms with van der Waals surface area (Å²) in [6.45, 7) is 10.3. The predicted octanol–water partition coefficient (Wildman–Crippen LogP) is 3.40. The van der Waals surface area contributed by atoms with Crippen molar-refractivity contribution in [1.29, 1.82) is 0 Å². The fraction of sp³-hybridized carbons (Fsp3) is 0.462.